The third-order valence-corrected chi connectivity index (χ3v) is 4.76. The van der Waals surface area contributed by atoms with E-state index in [0.717, 1.165) is 28.2 Å². The molecular weight excluding hydrogens is 403 g/mol. The molecule has 0 aromatic carbocycles. The standard InChI is InChI=1S/C20H15ClF3N5/c21-18-13(8-14-11-28-19-15(14)2-1-7-25-19)4-6-17(29-18)27-10-12-3-5-16(26-9-12)20(22,23)24/h1-7,9,11H,8,10H2,(H,25,28)(H,27,29). The van der Waals surface area contributed by atoms with Gasteiger partial charge in [-0.15, -0.1) is 0 Å². The number of alkyl halides is 3. The largest absolute Gasteiger partial charge is 0.433 e. The fourth-order valence-electron chi connectivity index (χ4n) is 2.95. The molecule has 0 bridgehead atoms. The fourth-order valence-corrected chi connectivity index (χ4v) is 3.17. The van der Waals surface area contributed by atoms with Crippen LogP contribution in [0, 0.1) is 0 Å². The molecule has 0 saturated heterocycles. The predicted molar refractivity (Wildman–Crippen MR) is 105 cm³/mol. The van der Waals surface area contributed by atoms with E-state index in [2.05, 4.69) is 25.3 Å². The Hall–Kier alpha value is -3.13. The summed E-state index contributed by atoms with van der Waals surface area (Å²) in [6.45, 7) is 0.280. The molecule has 4 heterocycles. The van der Waals surface area contributed by atoms with Crippen LogP contribution >= 0.6 is 11.6 Å². The smallest absolute Gasteiger partial charge is 0.366 e. The molecule has 0 radical (unpaired) electrons. The minimum Gasteiger partial charge on any atom is -0.366 e. The number of halogens is 4. The van der Waals surface area contributed by atoms with Crippen molar-refractivity contribution in [2.75, 3.05) is 5.32 Å². The van der Waals surface area contributed by atoms with Crippen LogP contribution < -0.4 is 5.32 Å². The molecule has 148 valence electrons. The highest BCUT2D eigenvalue weighted by molar-refractivity contribution is 6.30. The molecule has 0 fully saturated rings. The number of nitrogens with one attached hydrogen (secondary N) is 2. The normalized spacial score (nSPS) is 11.7. The lowest BCUT2D eigenvalue weighted by atomic mass is 10.1. The number of aromatic nitrogens is 4. The van der Waals surface area contributed by atoms with Crippen LogP contribution in [0.4, 0.5) is 19.0 Å². The molecule has 9 heteroatoms. The maximum atomic E-state index is 12.6. The number of nitrogens with zero attached hydrogens (tertiary/aromatic N) is 3. The molecule has 0 unspecified atom stereocenters. The first-order valence-electron chi connectivity index (χ1n) is 8.72. The summed E-state index contributed by atoms with van der Waals surface area (Å²) in [5.74, 6) is 0.527. The Labute approximate surface area is 169 Å². The van der Waals surface area contributed by atoms with Crippen LogP contribution in [-0.4, -0.2) is 19.9 Å². The Bertz CT molecular complexity index is 1140. The second-order valence-electron chi connectivity index (χ2n) is 6.44. The number of pyridine rings is 3. The van der Waals surface area contributed by atoms with E-state index in [1.807, 2.05) is 24.4 Å². The van der Waals surface area contributed by atoms with Crippen LogP contribution in [0.25, 0.3) is 11.0 Å². The molecule has 0 saturated carbocycles. The molecule has 0 aliphatic heterocycles. The summed E-state index contributed by atoms with van der Waals surface area (Å²) < 4.78 is 37.7. The number of H-pyrrole nitrogens is 1. The summed E-state index contributed by atoms with van der Waals surface area (Å²) >= 11 is 6.34. The average molecular weight is 418 g/mol. The molecule has 4 rings (SSSR count). The van der Waals surface area contributed by atoms with Gasteiger partial charge in [-0.1, -0.05) is 23.7 Å². The summed E-state index contributed by atoms with van der Waals surface area (Å²) in [4.78, 5) is 15.2. The highest BCUT2D eigenvalue weighted by atomic mass is 35.5. The van der Waals surface area contributed by atoms with Crippen molar-refractivity contribution in [2.24, 2.45) is 0 Å². The number of hydrogen-bond acceptors (Lipinski definition) is 4. The van der Waals surface area contributed by atoms with E-state index in [1.165, 1.54) is 12.3 Å². The zero-order valence-corrected chi connectivity index (χ0v) is 15.7. The molecule has 0 atom stereocenters. The quantitative estimate of drug-likeness (QED) is 0.436. The summed E-state index contributed by atoms with van der Waals surface area (Å²) in [6.07, 6.45) is 0.969. The molecule has 5 nitrogen and oxygen atoms in total. The van der Waals surface area contributed by atoms with Crippen LogP contribution in [0.3, 0.4) is 0 Å². The Morgan fingerprint density at radius 1 is 1.03 bits per heavy atom. The van der Waals surface area contributed by atoms with Gasteiger partial charge in [0.1, 0.15) is 22.3 Å². The van der Waals surface area contributed by atoms with Gasteiger partial charge in [0.25, 0.3) is 0 Å². The van der Waals surface area contributed by atoms with Crippen molar-refractivity contribution >= 4 is 28.5 Å². The molecule has 0 spiro atoms. The van der Waals surface area contributed by atoms with Crippen LogP contribution in [0.15, 0.2) is 55.0 Å². The second-order valence-corrected chi connectivity index (χ2v) is 6.80. The van der Waals surface area contributed by atoms with E-state index in [-0.39, 0.29) is 6.54 Å². The number of rotatable bonds is 5. The van der Waals surface area contributed by atoms with Crippen LogP contribution in [-0.2, 0) is 19.1 Å². The van der Waals surface area contributed by atoms with Gasteiger partial charge in [0.2, 0.25) is 0 Å². The summed E-state index contributed by atoms with van der Waals surface area (Å²) in [6, 6.07) is 9.86. The Balaban J connectivity index is 1.43. The monoisotopic (exact) mass is 417 g/mol. The Kier molecular flexibility index (Phi) is 5.10. The van der Waals surface area contributed by atoms with Crippen molar-refractivity contribution in [1.29, 1.82) is 0 Å². The molecule has 4 aromatic heterocycles. The minimum absolute atomic E-state index is 0.280. The van der Waals surface area contributed by atoms with Gasteiger partial charge in [-0.25, -0.2) is 9.97 Å². The predicted octanol–water partition coefficient (Wildman–Crippen LogP) is 5.23. The van der Waals surface area contributed by atoms with Crippen LogP contribution in [0.2, 0.25) is 5.15 Å². The molecule has 29 heavy (non-hydrogen) atoms. The zero-order valence-electron chi connectivity index (χ0n) is 15.0. The molecular formula is C20H15ClF3N5. The fraction of sp³-hybridized carbons (Fsp3) is 0.150. The maximum absolute atomic E-state index is 12.6. The number of anilines is 1. The van der Waals surface area contributed by atoms with Crippen molar-refractivity contribution in [2.45, 2.75) is 19.1 Å². The number of fused-ring (bicyclic) bond motifs is 1. The van der Waals surface area contributed by atoms with Gasteiger partial charge in [0.15, 0.2) is 0 Å². The second kappa shape index (κ2) is 7.71. The van der Waals surface area contributed by atoms with E-state index >= 15 is 0 Å². The molecule has 4 aromatic rings. The van der Waals surface area contributed by atoms with E-state index < -0.39 is 11.9 Å². The molecule has 0 aliphatic carbocycles. The zero-order chi connectivity index (χ0) is 20.4. The molecule has 2 N–H and O–H groups in total. The highest BCUT2D eigenvalue weighted by Gasteiger charge is 2.31. The van der Waals surface area contributed by atoms with Crippen molar-refractivity contribution < 1.29 is 13.2 Å². The summed E-state index contributed by atoms with van der Waals surface area (Å²) in [7, 11) is 0. The SMILES string of the molecule is FC(F)(F)c1ccc(CNc2ccc(Cc3c[nH]c4ncccc34)c(Cl)n2)cn1. The minimum atomic E-state index is -4.45. The third kappa shape index (κ3) is 4.32. The highest BCUT2D eigenvalue weighted by Crippen LogP contribution is 2.27. The van der Waals surface area contributed by atoms with Gasteiger partial charge >= 0.3 is 6.18 Å². The molecule has 0 amide bonds. The average Bonchev–Trinajstić information content (AvgIpc) is 3.11. The van der Waals surface area contributed by atoms with Gasteiger partial charge in [-0.2, -0.15) is 13.2 Å². The van der Waals surface area contributed by atoms with Crippen molar-refractivity contribution in [3.05, 3.63) is 82.5 Å². The first kappa shape index (κ1) is 19.2. The summed E-state index contributed by atoms with van der Waals surface area (Å²) in [5.41, 5.74) is 2.42. The van der Waals surface area contributed by atoms with Crippen LogP contribution in [0.5, 0.6) is 0 Å². The Morgan fingerprint density at radius 2 is 1.90 bits per heavy atom. The van der Waals surface area contributed by atoms with Crippen LogP contribution in [0.1, 0.15) is 22.4 Å². The first-order chi connectivity index (χ1) is 13.9. The Morgan fingerprint density at radius 3 is 2.62 bits per heavy atom. The maximum Gasteiger partial charge on any atom is 0.433 e. The van der Waals surface area contributed by atoms with Gasteiger partial charge in [0, 0.05) is 36.9 Å². The van der Waals surface area contributed by atoms with E-state index in [9.17, 15) is 13.2 Å². The van der Waals surface area contributed by atoms with Gasteiger partial charge in [-0.3, -0.25) is 4.98 Å². The number of hydrogen-bond donors (Lipinski definition) is 2. The topological polar surface area (TPSA) is 66.5 Å². The van der Waals surface area contributed by atoms with E-state index in [1.54, 1.807) is 12.3 Å². The summed E-state index contributed by atoms with van der Waals surface area (Å²) in [5, 5.41) is 4.43. The van der Waals surface area contributed by atoms with Gasteiger partial charge in [0.05, 0.1) is 0 Å². The van der Waals surface area contributed by atoms with Crippen molar-refractivity contribution in [1.82, 2.24) is 19.9 Å². The first-order valence-corrected chi connectivity index (χ1v) is 9.10. The third-order valence-electron chi connectivity index (χ3n) is 4.43. The van der Waals surface area contributed by atoms with Gasteiger partial charge < -0.3 is 10.3 Å². The van der Waals surface area contributed by atoms with E-state index in [4.69, 9.17) is 11.6 Å². The lowest BCUT2D eigenvalue weighted by Crippen LogP contribution is -2.09. The van der Waals surface area contributed by atoms with E-state index in [0.29, 0.717) is 23.0 Å². The molecule has 0 aliphatic rings. The lowest BCUT2D eigenvalue weighted by molar-refractivity contribution is -0.141. The van der Waals surface area contributed by atoms with Crippen molar-refractivity contribution in [3.63, 3.8) is 0 Å². The lowest BCUT2D eigenvalue weighted by Gasteiger charge is -2.10. The van der Waals surface area contributed by atoms with Gasteiger partial charge in [-0.05, 0) is 41.0 Å². The number of aromatic amines is 1. The van der Waals surface area contributed by atoms with Crippen molar-refractivity contribution in [3.8, 4) is 0 Å².